The van der Waals surface area contributed by atoms with Crippen LogP contribution in [0.4, 0.5) is 5.95 Å². The lowest BCUT2D eigenvalue weighted by atomic mass is 9.95. The van der Waals surface area contributed by atoms with Crippen LogP contribution in [-0.4, -0.2) is 64.9 Å². The Morgan fingerprint density at radius 2 is 1.85 bits per heavy atom. The van der Waals surface area contributed by atoms with Crippen molar-refractivity contribution in [2.75, 3.05) is 44.2 Å². The van der Waals surface area contributed by atoms with Crippen LogP contribution in [0.3, 0.4) is 0 Å². The summed E-state index contributed by atoms with van der Waals surface area (Å²) >= 11 is 0. The van der Waals surface area contributed by atoms with Crippen molar-refractivity contribution in [3.63, 3.8) is 0 Å². The third-order valence-electron chi connectivity index (χ3n) is 5.54. The summed E-state index contributed by atoms with van der Waals surface area (Å²) in [4.78, 5) is 28.3. The molecule has 27 heavy (non-hydrogen) atoms. The number of aromatic nitrogens is 2. The largest absolute Gasteiger partial charge is 0.468 e. The second-order valence-corrected chi connectivity index (χ2v) is 7.34. The van der Waals surface area contributed by atoms with E-state index in [1.807, 2.05) is 18.2 Å². The molecule has 0 radical (unpaired) electrons. The molecule has 0 atom stereocenters. The van der Waals surface area contributed by atoms with Crippen LogP contribution in [0, 0.1) is 5.92 Å². The number of likely N-dealkylation sites (tertiary alicyclic amines) is 1. The Morgan fingerprint density at radius 1 is 1.04 bits per heavy atom. The number of piperidine rings is 1. The zero-order valence-corrected chi connectivity index (χ0v) is 15.7. The first kappa shape index (κ1) is 18.0. The molecule has 2 saturated heterocycles. The van der Waals surface area contributed by atoms with Crippen LogP contribution >= 0.6 is 0 Å². The summed E-state index contributed by atoms with van der Waals surface area (Å²) in [6.45, 7) is 6.02. The maximum atomic E-state index is 13.0. The summed E-state index contributed by atoms with van der Waals surface area (Å²) in [5, 5.41) is 0. The van der Waals surface area contributed by atoms with Crippen molar-refractivity contribution < 1.29 is 9.21 Å². The van der Waals surface area contributed by atoms with E-state index in [9.17, 15) is 4.79 Å². The van der Waals surface area contributed by atoms with Gasteiger partial charge < -0.3 is 14.2 Å². The van der Waals surface area contributed by atoms with E-state index in [1.165, 1.54) is 0 Å². The monoisotopic (exact) mass is 369 g/mol. The van der Waals surface area contributed by atoms with Gasteiger partial charge in [0.15, 0.2) is 0 Å². The van der Waals surface area contributed by atoms with Crippen molar-refractivity contribution in [3.8, 4) is 0 Å². The number of furan rings is 1. The third kappa shape index (κ3) is 4.47. The van der Waals surface area contributed by atoms with Gasteiger partial charge >= 0.3 is 0 Å². The van der Waals surface area contributed by atoms with Crippen molar-refractivity contribution in [3.05, 3.63) is 42.6 Å². The molecule has 0 N–H and O–H groups in total. The van der Waals surface area contributed by atoms with Gasteiger partial charge in [0.2, 0.25) is 11.9 Å². The zero-order valence-electron chi connectivity index (χ0n) is 15.7. The predicted molar refractivity (Wildman–Crippen MR) is 102 cm³/mol. The molecule has 7 nitrogen and oxygen atoms in total. The summed E-state index contributed by atoms with van der Waals surface area (Å²) in [6.07, 6.45) is 8.08. The molecule has 2 aliphatic heterocycles. The van der Waals surface area contributed by atoms with E-state index in [2.05, 4.69) is 24.7 Å². The Morgan fingerprint density at radius 3 is 2.59 bits per heavy atom. The number of rotatable bonds is 4. The molecule has 0 aliphatic carbocycles. The van der Waals surface area contributed by atoms with Crippen molar-refractivity contribution in [1.29, 1.82) is 0 Å². The van der Waals surface area contributed by atoms with Crippen LogP contribution in [0.15, 0.2) is 41.3 Å². The molecule has 4 rings (SSSR count). The second kappa shape index (κ2) is 8.52. The minimum Gasteiger partial charge on any atom is -0.468 e. The fourth-order valence-electron chi connectivity index (χ4n) is 4.01. The average Bonchev–Trinajstić information content (AvgIpc) is 3.10. The first-order chi connectivity index (χ1) is 13.3. The molecule has 7 heteroatoms. The first-order valence-electron chi connectivity index (χ1n) is 9.85. The smallest absolute Gasteiger partial charge is 0.225 e. The van der Waals surface area contributed by atoms with Crippen LogP contribution in [-0.2, 0) is 11.3 Å². The SMILES string of the molecule is O=C(C1CCN(Cc2ccco2)CC1)N1CCCN(c2ncccn2)CC1. The highest BCUT2D eigenvalue weighted by Crippen LogP contribution is 2.22. The summed E-state index contributed by atoms with van der Waals surface area (Å²) < 4.78 is 5.43. The van der Waals surface area contributed by atoms with Gasteiger partial charge in [-0.1, -0.05) is 0 Å². The van der Waals surface area contributed by atoms with Gasteiger partial charge in [0.25, 0.3) is 0 Å². The Hall–Kier alpha value is -2.41. The molecule has 0 saturated carbocycles. The van der Waals surface area contributed by atoms with Gasteiger partial charge in [-0.05, 0) is 50.6 Å². The molecule has 0 aromatic carbocycles. The number of anilines is 1. The molecular formula is C20H27N5O2. The van der Waals surface area contributed by atoms with E-state index in [-0.39, 0.29) is 5.92 Å². The van der Waals surface area contributed by atoms with Crippen molar-refractivity contribution >= 4 is 11.9 Å². The van der Waals surface area contributed by atoms with Gasteiger partial charge in [-0.15, -0.1) is 0 Å². The number of hydrogen-bond donors (Lipinski definition) is 0. The number of carbonyl (C=O) groups is 1. The van der Waals surface area contributed by atoms with Gasteiger partial charge in [-0.25, -0.2) is 9.97 Å². The molecule has 2 aliphatic rings. The lowest BCUT2D eigenvalue weighted by molar-refractivity contribution is -0.136. The van der Waals surface area contributed by atoms with E-state index < -0.39 is 0 Å². The fraction of sp³-hybridized carbons (Fsp3) is 0.550. The lowest BCUT2D eigenvalue weighted by Crippen LogP contribution is -2.43. The van der Waals surface area contributed by atoms with Gasteiger partial charge in [-0.3, -0.25) is 9.69 Å². The summed E-state index contributed by atoms with van der Waals surface area (Å²) in [7, 11) is 0. The number of carbonyl (C=O) groups excluding carboxylic acids is 1. The third-order valence-corrected chi connectivity index (χ3v) is 5.54. The molecule has 2 fully saturated rings. The van der Waals surface area contributed by atoms with E-state index in [0.717, 1.165) is 76.8 Å². The van der Waals surface area contributed by atoms with E-state index >= 15 is 0 Å². The van der Waals surface area contributed by atoms with E-state index in [0.29, 0.717) is 5.91 Å². The highest BCUT2D eigenvalue weighted by molar-refractivity contribution is 5.79. The maximum absolute atomic E-state index is 13.0. The first-order valence-corrected chi connectivity index (χ1v) is 9.85. The fourth-order valence-corrected chi connectivity index (χ4v) is 4.01. The van der Waals surface area contributed by atoms with Crippen molar-refractivity contribution in [2.24, 2.45) is 5.92 Å². The summed E-state index contributed by atoms with van der Waals surface area (Å²) in [6, 6.07) is 5.76. The number of hydrogen-bond acceptors (Lipinski definition) is 6. The Labute approximate surface area is 160 Å². The molecule has 2 aromatic rings. The normalized spacial score (nSPS) is 19.9. The summed E-state index contributed by atoms with van der Waals surface area (Å²) in [5.74, 6) is 2.23. The van der Waals surface area contributed by atoms with Crippen molar-refractivity contribution in [1.82, 2.24) is 19.8 Å². The summed E-state index contributed by atoms with van der Waals surface area (Å²) in [5.41, 5.74) is 0. The Bertz CT molecular complexity index is 713. The molecule has 0 unspecified atom stereocenters. The molecule has 144 valence electrons. The van der Waals surface area contributed by atoms with Crippen LogP contribution in [0.1, 0.15) is 25.0 Å². The van der Waals surface area contributed by atoms with Crippen LogP contribution in [0.5, 0.6) is 0 Å². The molecule has 0 bridgehead atoms. The van der Waals surface area contributed by atoms with Gasteiger partial charge in [-0.2, -0.15) is 0 Å². The maximum Gasteiger partial charge on any atom is 0.225 e. The topological polar surface area (TPSA) is 65.7 Å². The Kier molecular flexibility index (Phi) is 5.67. The van der Waals surface area contributed by atoms with Crippen LogP contribution in [0.25, 0.3) is 0 Å². The molecule has 1 amide bonds. The second-order valence-electron chi connectivity index (χ2n) is 7.34. The van der Waals surface area contributed by atoms with E-state index in [1.54, 1.807) is 18.7 Å². The minimum atomic E-state index is 0.150. The lowest BCUT2D eigenvalue weighted by Gasteiger charge is -2.33. The highest BCUT2D eigenvalue weighted by Gasteiger charge is 2.30. The molecule has 2 aromatic heterocycles. The van der Waals surface area contributed by atoms with Crippen molar-refractivity contribution in [2.45, 2.75) is 25.8 Å². The minimum absolute atomic E-state index is 0.150. The highest BCUT2D eigenvalue weighted by atomic mass is 16.3. The Balaban J connectivity index is 1.27. The predicted octanol–water partition coefficient (Wildman–Crippen LogP) is 2.02. The van der Waals surface area contributed by atoms with Gasteiger partial charge in [0.1, 0.15) is 5.76 Å². The quantitative estimate of drug-likeness (QED) is 0.822. The van der Waals surface area contributed by atoms with E-state index in [4.69, 9.17) is 4.42 Å². The van der Waals surface area contributed by atoms with Gasteiger partial charge in [0.05, 0.1) is 12.8 Å². The average molecular weight is 369 g/mol. The zero-order chi connectivity index (χ0) is 18.5. The van der Waals surface area contributed by atoms with Gasteiger partial charge in [0, 0.05) is 44.5 Å². The molecule has 4 heterocycles. The molecular weight excluding hydrogens is 342 g/mol. The number of amides is 1. The molecule has 0 spiro atoms. The number of nitrogens with zero attached hydrogens (tertiary/aromatic N) is 5. The van der Waals surface area contributed by atoms with Crippen LogP contribution < -0.4 is 4.90 Å². The van der Waals surface area contributed by atoms with Crippen LogP contribution in [0.2, 0.25) is 0 Å². The standard InChI is InChI=1S/C20H27N5O2/c26-19(17-5-11-23(12-6-17)16-18-4-1-15-27-18)24-9-3-10-25(14-13-24)20-21-7-2-8-22-20/h1-2,4,7-8,15,17H,3,5-6,9-14,16H2.